The van der Waals surface area contributed by atoms with Gasteiger partial charge in [-0.25, -0.2) is 33.7 Å². The molecule has 73 heavy (non-hydrogen) atoms. The predicted molar refractivity (Wildman–Crippen MR) is 266 cm³/mol. The van der Waals surface area contributed by atoms with Gasteiger partial charge in [0, 0.05) is 44.5 Å². The zero-order chi connectivity index (χ0) is 52.0. The van der Waals surface area contributed by atoms with E-state index in [1.807, 2.05) is 97.1 Å². The Morgan fingerprint density at radius 2 is 0.342 bits per heavy atom. The van der Waals surface area contributed by atoms with Gasteiger partial charge in [0.15, 0.2) is 0 Å². The third-order valence-electron chi connectivity index (χ3n) is 11.2. The van der Waals surface area contributed by atoms with Crippen molar-refractivity contribution in [2.75, 3.05) is 0 Å². The highest BCUT2D eigenvalue weighted by atomic mass is 32.2. The van der Waals surface area contributed by atoms with Gasteiger partial charge in [-0.15, -0.1) is 0 Å². The van der Waals surface area contributed by atoms with Crippen LogP contribution < -0.4 is 0 Å². The van der Waals surface area contributed by atoms with Crippen molar-refractivity contribution in [3.8, 4) is 47.4 Å². The lowest BCUT2D eigenvalue weighted by atomic mass is 9.65. The first-order valence-electron chi connectivity index (χ1n) is 21.4. The van der Waals surface area contributed by atoms with Crippen molar-refractivity contribution in [3.05, 3.63) is 261 Å². The van der Waals surface area contributed by atoms with E-state index in [4.69, 9.17) is 0 Å². The molecule has 0 aromatic heterocycles. The molecule has 0 amide bonds. The molecule has 0 aliphatic heterocycles. The Balaban J connectivity index is 1.25. The van der Waals surface area contributed by atoms with Gasteiger partial charge in [0.1, 0.15) is 40.5 Å². The topological polar surface area (TPSA) is 229 Å². The molecule has 0 bridgehead atoms. The van der Waals surface area contributed by atoms with Crippen LogP contribution in [0.4, 0.5) is 0 Å². The Hall–Kier alpha value is -8.36. The van der Waals surface area contributed by atoms with Crippen LogP contribution in [-0.2, 0) is 45.9 Å². The zero-order valence-electron chi connectivity index (χ0n) is 37.5. The van der Waals surface area contributed by atoms with Gasteiger partial charge in [-0.05, 0) is 168 Å². The van der Waals surface area contributed by atoms with E-state index in [2.05, 4.69) is 47.4 Å². The molecule has 8 aromatic rings. The van der Waals surface area contributed by atoms with E-state index >= 15 is 0 Å². The van der Waals surface area contributed by atoms with E-state index in [9.17, 15) is 51.9 Å². The lowest BCUT2D eigenvalue weighted by Crippen LogP contribution is -2.31. The average molecular weight is 1040 g/mol. The number of hydrogen-bond acceptors (Lipinski definition) is 12. The summed E-state index contributed by atoms with van der Waals surface area (Å²) in [4.78, 5) is -1.49. The molecule has 0 heterocycles. The first-order valence-corrected chi connectivity index (χ1v) is 27.0. The molecule has 0 spiro atoms. The van der Waals surface area contributed by atoms with Crippen LogP contribution in [0.3, 0.4) is 0 Å². The average Bonchev–Trinajstić information content (AvgIpc) is 3.37. The second kappa shape index (κ2) is 20.8. The zero-order valence-corrected chi connectivity index (χ0v) is 40.8. The molecule has 8 aromatic carbocycles. The Morgan fingerprint density at radius 3 is 0.466 bits per heavy atom. The molecule has 0 atom stereocenters. The van der Waals surface area contributed by atoms with Crippen molar-refractivity contribution in [2.24, 2.45) is 0 Å². The van der Waals surface area contributed by atoms with Crippen LogP contribution in [0.2, 0.25) is 0 Å². The van der Waals surface area contributed by atoms with Gasteiger partial charge >= 0.3 is 0 Å². The van der Waals surface area contributed by atoms with Gasteiger partial charge in [0.2, 0.25) is 0 Å². The van der Waals surface area contributed by atoms with Crippen LogP contribution in [0.5, 0.6) is 0 Å². The Bertz CT molecular complexity index is 3560. The fourth-order valence-corrected chi connectivity index (χ4v) is 9.49. The maximum atomic E-state index is 11.5. The fourth-order valence-electron chi connectivity index (χ4n) is 7.61. The summed E-state index contributed by atoms with van der Waals surface area (Å²) in [7, 11) is -18.5. The minimum absolute atomic E-state index is 0.373. The number of benzene rings is 8. The maximum Gasteiger partial charge on any atom is 0.124 e. The summed E-state index contributed by atoms with van der Waals surface area (Å²) in [5, 5.41) is 0. The molecule has 0 fully saturated rings. The maximum absolute atomic E-state index is 11.5. The molecule has 0 radical (unpaired) electrons. The standard InChI is InChI=1S/C57H36O12S4/c58-70(59,60)53-33-17-45(18-34-53)5-1-41-9-25-49(26-10-41)57(50-27-11-42(12-28-50)2-6-46-19-35-54(36-20-46)71(61,62)63,51-29-13-43(14-30-51)3-7-47-21-37-55(38-22-47)72(64,65)66)52-31-15-44(16-32-52)4-8-48-23-39-56(40-24-48)73(67,68)69/h9-40H,(H,58,59,60)(H,61,62,63)(H,64,65,66)(H,67,68,69)/p-4. The smallest absolute Gasteiger partial charge is 0.124 e. The minimum atomic E-state index is -4.64. The third kappa shape index (κ3) is 12.4. The summed E-state index contributed by atoms with van der Waals surface area (Å²) >= 11 is 0. The van der Waals surface area contributed by atoms with Crippen molar-refractivity contribution < 1.29 is 51.9 Å². The molecule has 12 nitrogen and oxygen atoms in total. The quantitative estimate of drug-likeness (QED) is 0.0831. The molecule has 0 saturated carbocycles. The van der Waals surface area contributed by atoms with Gasteiger partial charge in [0.05, 0.1) is 25.0 Å². The van der Waals surface area contributed by atoms with Crippen molar-refractivity contribution in [1.29, 1.82) is 0 Å². The summed E-state index contributed by atoms with van der Waals surface area (Å²) in [5.74, 6) is 24.4. The molecule has 8 rings (SSSR count). The third-order valence-corrected chi connectivity index (χ3v) is 14.6. The fraction of sp³-hybridized carbons (Fsp3) is 0.0175. The van der Waals surface area contributed by atoms with Crippen LogP contribution in [0, 0.1) is 47.4 Å². The van der Waals surface area contributed by atoms with E-state index in [1.165, 1.54) is 97.1 Å². The van der Waals surface area contributed by atoms with Crippen molar-refractivity contribution in [2.45, 2.75) is 25.0 Å². The van der Waals surface area contributed by atoms with Gasteiger partial charge in [-0.2, -0.15) is 0 Å². The highest BCUT2D eigenvalue weighted by Crippen LogP contribution is 2.45. The lowest BCUT2D eigenvalue weighted by Gasteiger charge is -2.37. The van der Waals surface area contributed by atoms with Gasteiger partial charge in [-0.3, -0.25) is 0 Å². The molecule has 360 valence electrons. The summed E-state index contributed by atoms with van der Waals surface area (Å²) in [6.07, 6.45) is 0. The van der Waals surface area contributed by atoms with Crippen molar-refractivity contribution in [1.82, 2.24) is 0 Å². The van der Waals surface area contributed by atoms with Crippen LogP contribution in [-0.4, -0.2) is 51.9 Å². The van der Waals surface area contributed by atoms with E-state index < -0.39 is 45.9 Å². The van der Waals surface area contributed by atoms with Crippen molar-refractivity contribution >= 4 is 40.5 Å². The first-order chi connectivity index (χ1) is 34.6. The number of rotatable bonds is 8. The summed E-state index contributed by atoms with van der Waals surface area (Å²) in [6, 6.07) is 51.2. The molecular formula is C57H32O12S4-4. The number of hydrogen-bond donors (Lipinski definition) is 0. The predicted octanol–water partition coefficient (Wildman–Crippen LogP) is 7.28. The molecule has 16 heteroatoms. The Kier molecular flexibility index (Phi) is 14.5. The van der Waals surface area contributed by atoms with E-state index in [-0.39, 0.29) is 19.6 Å². The monoisotopic (exact) mass is 1040 g/mol. The normalized spacial score (nSPS) is 11.6. The summed E-state index contributed by atoms with van der Waals surface area (Å²) in [6.45, 7) is 0. The van der Waals surface area contributed by atoms with Crippen LogP contribution in [0.25, 0.3) is 0 Å². The Labute approximate surface area is 423 Å². The highest BCUT2D eigenvalue weighted by Gasteiger charge is 2.38. The van der Waals surface area contributed by atoms with Crippen molar-refractivity contribution in [3.63, 3.8) is 0 Å². The molecule has 0 aliphatic rings. The second-order valence-corrected chi connectivity index (χ2v) is 21.5. The molecule has 0 N–H and O–H groups in total. The molecule has 0 saturated heterocycles. The van der Waals surface area contributed by atoms with E-state index in [0.29, 0.717) is 44.5 Å². The van der Waals surface area contributed by atoms with Crippen LogP contribution >= 0.6 is 0 Å². The first kappa shape index (κ1) is 51.0. The minimum Gasteiger partial charge on any atom is -0.744 e. The summed E-state index contributed by atoms with van der Waals surface area (Å²) in [5.41, 5.74) is 6.43. The second-order valence-electron chi connectivity index (χ2n) is 16.0. The lowest BCUT2D eigenvalue weighted by molar-refractivity contribution is 0.461. The highest BCUT2D eigenvalue weighted by molar-refractivity contribution is 7.86. The molecular weight excluding hydrogens is 1000 g/mol. The summed E-state index contributed by atoms with van der Waals surface area (Å²) < 4.78 is 138. The van der Waals surface area contributed by atoms with Gasteiger partial charge in [-0.1, -0.05) is 95.9 Å². The molecule has 0 aliphatic carbocycles. The van der Waals surface area contributed by atoms with Gasteiger partial charge in [0.25, 0.3) is 0 Å². The van der Waals surface area contributed by atoms with Crippen LogP contribution in [0.1, 0.15) is 66.8 Å². The Morgan fingerprint density at radius 1 is 0.219 bits per heavy atom. The van der Waals surface area contributed by atoms with E-state index in [1.54, 1.807) is 0 Å². The van der Waals surface area contributed by atoms with E-state index in [0.717, 1.165) is 22.3 Å². The van der Waals surface area contributed by atoms with Gasteiger partial charge < -0.3 is 18.2 Å². The molecule has 0 unspecified atom stereocenters. The van der Waals surface area contributed by atoms with Crippen LogP contribution in [0.15, 0.2) is 214 Å². The largest absolute Gasteiger partial charge is 0.744 e. The SMILES string of the molecule is O=S(=O)([O-])c1ccc(C#Cc2ccc(C(c3ccc(C#Cc4ccc(S(=O)(=O)[O-])cc4)cc3)(c3ccc(C#Cc4ccc(S(=O)(=O)[O-])cc4)cc3)c3ccc(C#Cc4ccc(S(=O)(=O)[O-])cc4)cc3)cc2)cc1.